The minimum Gasteiger partial charge on any atom is -0.379 e. The average Bonchev–Trinajstić information content (AvgIpc) is 3.14. The maximum absolute atomic E-state index is 13.0. The number of sulfonamides is 1. The molecule has 0 spiro atoms. The number of thioether (sulfide) groups is 1. The summed E-state index contributed by atoms with van der Waals surface area (Å²) >= 11 is 2.89. The maximum Gasteiger partial charge on any atom is 0.257 e. The highest BCUT2D eigenvalue weighted by Gasteiger charge is 2.28. The van der Waals surface area contributed by atoms with Crippen molar-refractivity contribution in [2.24, 2.45) is 0 Å². The molecule has 0 saturated carbocycles. The van der Waals surface area contributed by atoms with Gasteiger partial charge in [0.05, 0.1) is 18.1 Å². The van der Waals surface area contributed by atoms with Crippen LogP contribution in [0.1, 0.15) is 29.3 Å². The van der Waals surface area contributed by atoms with E-state index < -0.39 is 15.9 Å². The molecule has 1 saturated heterocycles. The minimum absolute atomic E-state index is 0.138. The predicted molar refractivity (Wildman–Crippen MR) is 110 cm³/mol. The minimum atomic E-state index is -3.68. The lowest BCUT2D eigenvalue weighted by atomic mass is 10.1. The topological polar surface area (TPSA) is 101 Å². The molecule has 2 aromatic rings. The van der Waals surface area contributed by atoms with Crippen LogP contribution in [0.2, 0.25) is 0 Å². The molecule has 1 aromatic carbocycles. The van der Waals surface area contributed by atoms with Gasteiger partial charge in [-0.2, -0.15) is 4.31 Å². The summed E-state index contributed by atoms with van der Waals surface area (Å²) in [5, 5.41) is 11.1. The number of nitrogens with one attached hydrogen (secondary N) is 1. The van der Waals surface area contributed by atoms with Crippen molar-refractivity contribution >= 4 is 44.2 Å². The van der Waals surface area contributed by atoms with Crippen molar-refractivity contribution in [1.82, 2.24) is 14.5 Å². The van der Waals surface area contributed by atoms with Gasteiger partial charge in [-0.1, -0.05) is 36.1 Å². The first-order chi connectivity index (χ1) is 13.4. The zero-order valence-corrected chi connectivity index (χ0v) is 18.1. The van der Waals surface area contributed by atoms with Gasteiger partial charge in [-0.25, -0.2) is 8.42 Å². The fourth-order valence-electron chi connectivity index (χ4n) is 2.62. The maximum atomic E-state index is 13.0. The van der Waals surface area contributed by atoms with Crippen molar-refractivity contribution < 1.29 is 17.9 Å². The lowest BCUT2D eigenvalue weighted by Gasteiger charge is -2.26. The Labute approximate surface area is 172 Å². The van der Waals surface area contributed by atoms with E-state index in [4.69, 9.17) is 4.74 Å². The number of hydrogen-bond acceptors (Lipinski definition) is 8. The highest BCUT2D eigenvalue weighted by Crippen LogP contribution is 2.27. The standard InChI is InChI=1S/C17H22N4O4S3/c1-3-10-26-17-20-19-16(27-17)18-15(22)13-5-4-12(2)14(11-13)28(23,24)21-6-8-25-9-7-21/h4-5,11H,3,6-10H2,1-2H3,(H,18,19,22). The van der Waals surface area contributed by atoms with Crippen LogP contribution >= 0.6 is 23.1 Å². The summed E-state index contributed by atoms with van der Waals surface area (Å²) < 4.78 is 33.3. The van der Waals surface area contributed by atoms with Crippen molar-refractivity contribution in [3.63, 3.8) is 0 Å². The normalized spacial score (nSPS) is 15.5. The number of anilines is 1. The number of carbonyl (C=O) groups excluding carboxylic acids is 1. The lowest BCUT2D eigenvalue weighted by molar-refractivity contribution is 0.0730. The summed E-state index contributed by atoms with van der Waals surface area (Å²) in [6.45, 7) is 5.15. The number of aromatic nitrogens is 2. The predicted octanol–water partition coefficient (Wildman–Crippen LogP) is 2.62. The number of aryl methyl sites for hydroxylation is 1. The summed E-state index contributed by atoms with van der Waals surface area (Å²) in [4.78, 5) is 12.7. The van der Waals surface area contributed by atoms with Crippen molar-refractivity contribution in [3.8, 4) is 0 Å². The number of amides is 1. The Bertz CT molecular complexity index is 940. The van der Waals surface area contributed by atoms with Crippen LogP contribution in [0.5, 0.6) is 0 Å². The molecule has 28 heavy (non-hydrogen) atoms. The van der Waals surface area contributed by atoms with Gasteiger partial charge in [0.1, 0.15) is 0 Å². The quantitative estimate of drug-likeness (QED) is 0.519. The van der Waals surface area contributed by atoms with Crippen LogP contribution in [-0.4, -0.2) is 60.9 Å². The Balaban J connectivity index is 1.78. The van der Waals surface area contributed by atoms with Crippen LogP contribution in [0, 0.1) is 6.92 Å². The van der Waals surface area contributed by atoms with Gasteiger partial charge in [0.2, 0.25) is 15.2 Å². The van der Waals surface area contributed by atoms with E-state index in [-0.39, 0.29) is 10.5 Å². The number of morpholine rings is 1. The van der Waals surface area contributed by atoms with E-state index in [1.54, 1.807) is 30.8 Å². The Morgan fingerprint density at radius 2 is 2.07 bits per heavy atom. The molecule has 1 fully saturated rings. The highest BCUT2D eigenvalue weighted by atomic mass is 32.2. The summed E-state index contributed by atoms with van der Waals surface area (Å²) in [6, 6.07) is 4.67. The van der Waals surface area contributed by atoms with Crippen LogP contribution in [0.15, 0.2) is 27.4 Å². The van der Waals surface area contributed by atoms with Crippen molar-refractivity contribution in [2.75, 3.05) is 37.4 Å². The summed E-state index contributed by atoms with van der Waals surface area (Å²) in [5.74, 6) is 0.519. The molecule has 1 aliphatic rings. The van der Waals surface area contributed by atoms with Crippen molar-refractivity contribution in [1.29, 1.82) is 0 Å². The Morgan fingerprint density at radius 3 is 2.79 bits per heavy atom. The molecule has 8 nitrogen and oxygen atoms in total. The lowest BCUT2D eigenvalue weighted by Crippen LogP contribution is -2.40. The summed E-state index contributed by atoms with van der Waals surface area (Å²) in [6.07, 6.45) is 1.02. The van der Waals surface area contributed by atoms with E-state index in [0.29, 0.717) is 37.0 Å². The Hall–Kier alpha value is -1.53. The molecule has 2 heterocycles. The summed E-state index contributed by atoms with van der Waals surface area (Å²) in [5.41, 5.74) is 0.854. The second-order valence-corrected chi connectivity index (χ2v) is 10.4. The van der Waals surface area contributed by atoms with E-state index in [9.17, 15) is 13.2 Å². The number of rotatable bonds is 7. The van der Waals surface area contributed by atoms with Crippen LogP contribution in [0.3, 0.4) is 0 Å². The van der Waals surface area contributed by atoms with Gasteiger partial charge in [-0.3, -0.25) is 10.1 Å². The number of nitrogens with zero attached hydrogens (tertiary/aromatic N) is 3. The molecule has 0 aliphatic carbocycles. The van der Waals surface area contributed by atoms with E-state index in [2.05, 4.69) is 22.4 Å². The first-order valence-corrected chi connectivity index (χ1v) is 12.1. The van der Waals surface area contributed by atoms with Crippen LogP contribution < -0.4 is 5.32 Å². The SMILES string of the molecule is CCCSc1nnc(NC(=O)c2ccc(C)c(S(=O)(=O)N3CCOCC3)c2)s1. The van der Waals surface area contributed by atoms with Crippen molar-refractivity contribution in [2.45, 2.75) is 29.5 Å². The molecule has 152 valence electrons. The van der Waals surface area contributed by atoms with Gasteiger partial charge < -0.3 is 4.74 Å². The zero-order chi connectivity index (χ0) is 20.1. The highest BCUT2D eigenvalue weighted by molar-refractivity contribution is 8.01. The van der Waals surface area contributed by atoms with Crippen LogP contribution in [-0.2, 0) is 14.8 Å². The molecule has 1 aliphatic heterocycles. The third-order valence-electron chi connectivity index (χ3n) is 4.09. The largest absolute Gasteiger partial charge is 0.379 e. The first kappa shape index (κ1) is 21.2. The third kappa shape index (κ3) is 4.90. The van der Waals surface area contributed by atoms with Gasteiger partial charge in [0, 0.05) is 24.4 Å². The molecule has 0 radical (unpaired) electrons. The van der Waals surface area contributed by atoms with E-state index in [1.807, 2.05) is 0 Å². The van der Waals surface area contributed by atoms with Gasteiger partial charge >= 0.3 is 0 Å². The number of ether oxygens (including phenoxy) is 1. The fraction of sp³-hybridized carbons (Fsp3) is 0.471. The molecular weight excluding hydrogens is 420 g/mol. The monoisotopic (exact) mass is 442 g/mol. The molecule has 11 heteroatoms. The smallest absolute Gasteiger partial charge is 0.257 e. The van der Waals surface area contributed by atoms with Gasteiger partial charge in [-0.05, 0) is 31.0 Å². The molecule has 0 unspecified atom stereocenters. The van der Waals surface area contributed by atoms with Crippen LogP contribution in [0.25, 0.3) is 0 Å². The van der Waals surface area contributed by atoms with E-state index in [1.165, 1.54) is 21.7 Å². The number of hydrogen-bond donors (Lipinski definition) is 1. The zero-order valence-electron chi connectivity index (χ0n) is 15.7. The molecule has 0 bridgehead atoms. The second kappa shape index (κ2) is 9.31. The molecule has 1 amide bonds. The number of benzene rings is 1. The van der Waals surface area contributed by atoms with Gasteiger partial charge in [0.15, 0.2) is 4.34 Å². The van der Waals surface area contributed by atoms with Gasteiger partial charge in [-0.15, -0.1) is 10.2 Å². The average molecular weight is 443 g/mol. The Kier molecular flexibility index (Phi) is 7.05. The summed E-state index contributed by atoms with van der Waals surface area (Å²) in [7, 11) is -3.68. The Morgan fingerprint density at radius 1 is 1.32 bits per heavy atom. The molecule has 0 atom stereocenters. The van der Waals surface area contributed by atoms with Gasteiger partial charge in [0.25, 0.3) is 5.91 Å². The second-order valence-electron chi connectivity index (χ2n) is 6.17. The first-order valence-electron chi connectivity index (χ1n) is 8.88. The third-order valence-corrected chi connectivity index (χ3v) is 8.31. The molecule has 3 rings (SSSR count). The van der Waals surface area contributed by atoms with Crippen molar-refractivity contribution in [3.05, 3.63) is 29.3 Å². The van der Waals surface area contributed by atoms with E-state index >= 15 is 0 Å². The van der Waals surface area contributed by atoms with E-state index in [0.717, 1.165) is 16.5 Å². The molecular formula is C17H22N4O4S3. The fourth-order valence-corrected chi connectivity index (χ4v) is 5.95. The molecule has 1 aromatic heterocycles. The number of carbonyl (C=O) groups is 1. The van der Waals surface area contributed by atoms with Crippen LogP contribution in [0.4, 0.5) is 5.13 Å². The molecule has 1 N–H and O–H groups in total.